The van der Waals surface area contributed by atoms with Gasteiger partial charge in [-0.05, 0) is 19.1 Å². The molecule has 0 spiro atoms. The normalized spacial score (nSPS) is 12.8. The second-order valence-electron chi connectivity index (χ2n) is 4.18. The van der Waals surface area contributed by atoms with Gasteiger partial charge in [-0.15, -0.1) is 0 Å². The number of aromatic nitrogens is 1. The van der Waals surface area contributed by atoms with E-state index in [1.54, 1.807) is 13.0 Å². The van der Waals surface area contributed by atoms with E-state index in [1.807, 2.05) is 0 Å². The van der Waals surface area contributed by atoms with Crippen molar-refractivity contribution in [2.75, 3.05) is 25.0 Å². The van der Waals surface area contributed by atoms with Crippen molar-refractivity contribution < 1.29 is 18.3 Å². The van der Waals surface area contributed by atoms with Crippen LogP contribution in [0.2, 0.25) is 0 Å². The topological polar surface area (TPSA) is 81.0 Å². The Hall–Kier alpha value is -1.85. The van der Waals surface area contributed by atoms with E-state index in [1.165, 1.54) is 0 Å². The van der Waals surface area contributed by atoms with Crippen LogP contribution in [0.1, 0.15) is 18.2 Å². The van der Waals surface area contributed by atoms with E-state index >= 15 is 0 Å². The molecule has 0 bridgehead atoms. The molecule has 1 heterocycles. The highest BCUT2D eigenvalue weighted by atomic mass is 19.4. The van der Waals surface area contributed by atoms with Gasteiger partial charge in [0.25, 0.3) is 0 Å². The molecule has 0 radical (unpaired) electrons. The molecule has 1 unspecified atom stereocenters. The van der Waals surface area contributed by atoms with E-state index in [-0.39, 0.29) is 17.9 Å². The second kappa shape index (κ2) is 7.07. The number of alkyl halides is 3. The number of pyridine rings is 1. The Morgan fingerprint density at radius 3 is 2.65 bits per heavy atom. The van der Waals surface area contributed by atoms with Gasteiger partial charge in [0.15, 0.2) is 0 Å². The van der Waals surface area contributed by atoms with Crippen molar-refractivity contribution in [2.45, 2.75) is 19.2 Å². The highest BCUT2D eigenvalue weighted by Gasteiger charge is 2.33. The average Bonchev–Trinajstić information content (AvgIpc) is 2.36. The molecule has 1 aromatic heterocycles. The molecule has 1 aromatic rings. The zero-order chi connectivity index (χ0) is 15.2. The molecule has 5 nitrogen and oxygen atoms in total. The van der Waals surface area contributed by atoms with E-state index < -0.39 is 18.0 Å². The predicted octanol–water partition coefficient (Wildman–Crippen LogP) is 1.35. The van der Waals surface area contributed by atoms with Crippen LogP contribution in [0.4, 0.5) is 19.0 Å². The number of halogens is 3. The third kappa shape index (κ3) is 5.03. The van der Waals surface area contributed by atoms with Gasteiger partial charge in [0.1, 0.15) is 17.6 Å². The number of nitriles is 1. The third-order valence-corrected chi connectivity index (χ3v) is 2.34. The molecule has 0 aliphatic carbocycles. The second-order valence-corrected chi connectivity index (χ2v) is 4.18. The third-order valence-electron chi connectivity index (χ3n) is 2.34. The van der Waals surface area contributed by atoms with Gasteiger partial charge in [0, 0.05) is 19.6 Å². The summed E-state index contributed by atoms with van der Waals surface area (Å²) in [6.45, 7) is 2.70. The summed E-state index contributed by atoms with van der Waals surface area (Å²) in [5.74, 6) is -0.0961. The quantitative estimate of drug-likeness (QED) is 0.689. The minimum atomic E-state index is -4.55. The van der Waals surface area contributed by atoms with Gasteiger partial charge in [-0.25, -0.2) is 4.98 Å². The fraction of sp³-hybridized carbons (Fsp3) is 0.500. The van der Waals surface area contributed by atoms with Crippen LogP contribution in [0.3, 0.4) is 0 Å². The molecular formula is C12H15F3N4O. The lowest BCUT2D eigenvalue weighted by Gasteiger charge is -2.12. The lowest BCUT2D eigenvalue weighted by molar-refractivity contribution is -0.141. The summed E-state index contributed by atoms with van der Waals surface area (Å²) in [6, 6.07) is 3.64. The van der Waals surface area contributed by atoms with Crippen LogP contribution in [0.5, 0.6) is 0 Å². The van der Waals surface area contributed by atoms with Crippen LogP contribution in [0.15, 0.2) is 12.1 Å². The van der Waals surface area contributed by atoms with E-state index in [9.17, 15) is 13.2 Å². The molecule has 0 aromatic carbocycles. The highest BCUT2D eigenvalue weighted by molar-refractivity contribution is 5.52. The van der Waals surface area contributed by atoms with Gasteiger partial charge in [-0.1, -0.05) is 0 Å². The van der Waals surface area contributed by atoms with Gasteiger partial charge in [0.05, 0.1) is 11.7 Å². The maximum Gasteiger partial charge on any atom is 0.433 e. The molecule has 110 valence electrons. The van der Waals surface area contributed by atoms with Crippen LogP contribution < -0.4 is 10.6 Å². The van der Waals surface area contributed by atoms with Crippen LogP contribution >= 0.6 is 0 Å². The first-order valence-electron chi connectivity index (χ1n) is 5.95. The number of rotatable bonds is 6. The summed E-state index contributed by atoms with van der Waals surface area (Å²) in [7, 11) is 0. The Kier molecular flexibility index (Phi) is 5.73. The molecule has 0 aliphatic rings. The van der Waals surface area contributed by atoms with E-state index in [2.05, 4.69) is 15.6 Å². The minimum Gasteiger partial charge on any atom is -0.392 e. The minimum absolute atomic E-state index is 0.0496. The first-order valence-corrected chi connectivity index (χ1v) is 5.95. The Bertz CT molecular complexity index is 483. The summed E-state index contributed by atoms with van der Waals surface area (Å²) < 4.78 is 37.6. The predicted molar refractivity (Wildman–Crippen MR) is 67.0 cm³/mol. The number of aliphatic hydroxyl groups is 1. The Balaban J connectivity index is 2.66. The molecule has 0 saturated heterocycles. The SMILES string of the molecule is CC(O)CNCCNc1nc(C(F)(F)F)ccc1C#N. The summed E-state index contributed by atoms with van der Waals surface area (Å²) in [5.41, 5.74) is -0.996. The molecule has 8 heteroatoms. The fourth-order valence-electron chi connectivity index (χ4n) is 1.42. The number of aliphatic hydroxyl groups excluding tert-OH is 1. The maximum absolute atomic E-state index is 12.5. The lowest BCUT2D eigenvalue weighted by atomic mass is 10.2. The van der Waals surface area contributed by atoms with Crippen molar-refractivity contribution in [1.82, 2.24) is 10.3 Å². The van der Waals surface area contributed by atoms with E-state index in [0.29, 0.717) is 13.1 Å². The molecule has 1 rings (SSSR count). The Morgan fingerprint density at radius 1 is 1.40 bits per heavy atom. The van der Waals surface area contributed by atoms with Crippen molar-refractivity contribution in [3.8, 4) is 6.07 Å². The van der Waals surface area contributed by atoms with Crippen molar-refractivity contribution in [3.05, 3.63) is 23.4 Å². The Morgan fingerprint density at radius 2 is 2.10 bits per heavy atom. The number of hydrogen-bond acceptors (Lipinski definition) is 5. The van der Waals surface area contributed by atoms with Gasteiger partial charge < -0.3 is 15.7 Å². The summed E-state index contributed by atoms with van der Waals surface area (Å²) >= 11 is 0. The zero-order valence-electron chi connectivity index (χ0n) is 10.8. The Labute approximate surface area is 114 Å². The highest BCUT2D eigenvalue weighted by Crippen LogP contribution is 2.29. The largest absolute Gasteiger partial charge is 0.433 e. The first kappa shape index (κ1) is 16.2. The molecular weight excluding hydrogens is 273 g/mol. The van der Waals surface area contributed by atoms with Crippen LogP contribution in [-0.4, -0.2) is 35.8 Å². The number of hydrogen-bond donors (Lipinski definition) is 3. The standard InChI is InChI=1S/C12H15F3N4O/c1-8(20)7-17-4-5-18-11-9(6-16)2-3-10(19-11)12(13,14)15/h2-3,8,17,20H,4-5,7H2,1H3,(H,18,19). The fourth-order valence-corrected chi connectivity index (χ4v) is 1.42. The monoisotopic (exact) mass is 288 g/mol. The number of nitrogens with zero attached hydrogens (tertiary/aromatic N) is 2. The molecule has 0 aliphatic heterocycles. The van der Waals surface area contributed by atoms with Crippen LogP contribution in [0, 0.1) is 11.3 Å². The molecule has 1 atom stereocenters. The number of nitrogens with one attached hydrogen (secondary N) is 2. The molecule has 0 fully saturated rings. The molecule has 0 saturated carbocycles. The van der Waals surface area contributed by atoms with Crippen molar-refractivity contribution in [3.63, 3.8) is 0 Å². The average molecular weight is 288 g/mol. The first-order chi connectivity index (χ1) is 9.34. The van der Waals surface area contributed by atoms with Gasteiger partial charge in [0.2, 0.25) is 0 Å². The zero-order valence-corrected chi connectivity index (χ0v) is 10.8. The van der Waals surface area contributed by atoms with E-state index in [0.717, 1.165) is 12.1 Å². The van der Waals surface area contributed by atoms with Gasteiger partial charge >= 0.3 is 6.18 Å². The molecule has 0 amide bonds. The molecule has 3 N–H and O–H groups in total. The van der Waals surface area contributed by atoms with Crippen LogP contribution in [-0.2, 0) is 6.18 Å². The number of anilines is 1. The lowest BCUT2D eigenvalue weighted by Crippen LogP contribution is -2.29. The van der Waals surface area contributed by atoms with Gasteiger partial charge in [-0.2, -0.15) is 18.4 Å². The smallest absolute Gasteiger partial charge is 0.392 e. The maximum atomic E-state index is 12.5. The summed E-state index contributed by atoms with van der Waals surface area (Å²) in [5, 5.41) is 23.4. The van der Waals surface area contributed by atoms with Crippen molar-refractivity contribution in [1.29, 1.82) is 5.26 Å². The van der Waals surface area contributed by atoms with Crippen molar-refractivity contribution >= 4 is 5.82 Å². The van der Waals surface area contributed by atoms with Crippen molar-refractivity contribution in [2.24, 2.45) is 0 Å². The van der Waals surface area contributed by atoms with E-state index in [4.69, 9.17) is 10.4 Å². The van der Waals surface area contributed by atoms with Gasteiger partial charge in [-0.3, -0.25) is 0 Å². The van der Waals surface area contributed by atoms with Crippen LogP contribution in [0.25, 0.3) is 0 Å². The summed E-state index contributed by atoms with van der Waals surface area (Å²) in [4.78, 5) is 3.41. The molecule has 20 heavy (non-hydrogen) atoms. The summed E-state index contributed by atoms with van der Waals surface area (Å²) in [6.07, 6.45) is -5.05.